The zero-order valence-electron chi connectivity index (χ0n) is 11.7. The maximum Gasteiger partial charge on any atom is 0.0414 e. The van der Waals surface area contributed by atoms with Crippen LogP contribution in [0.25, 0.3) is 0 Å². The minimum absolute atomic E-state index is 0.594. The molecule has 0 saturated heterocycles. The molecule has 0 saturated carbocycles. The zero-order chi connectivity index (χ0) is 12.7. The van der Waals surface area contributed by atoms with Gasteiger partial charge in [0.15, 0.2) is 0 Å². The largest absolute Gasteiger partial charge is 0.368 e. The smallest absolute Gasteiger partial charge is 0.0414 e. The Bertz CT molecular complexity index is 316. The van der Waals surface area contributed by atoms with Crippen molar-refractivity contribution in [3.05, 3.63) is 29.8 Å². The van der Waals surface area contributed by atoms with Gasteiger partial charge in [0.1, 0.15) is 0 Å². The van der Waals surface area contributed by atoms with E-state index >= 15 is 0 Å². The average molecular weight is 234 g/mol. The monoisotopic (exact) mass is 234 g/mol. The SMILES string of the molecule is CCCC(CNC)N(CC)c1cccc(C)c1. The van der Waals surface area contributed by atoms with Crippen molar-refractivity contribution in [1.29, 1.82) is 0 Å². The zero-order valence-corrected chi connectivity index (χ0v) is 11.7. The Labute approximate surface area is 106 Å². The Balaban J connectivity index is 2.87. The molecule has 17 heavy (non-hydrogen) atoms. The first-order valence-corrected chi connectivity index (χ1v) is 6.70. The quantitative estimate of drug-likeness (QED) is 0.779. The van der Waals surface area contributed by atoms with Gasteiger partial charge in [-0.15, -0.1) is 0 Å². The van der Waals surface area contributed by atoms with Crippen molar-refractivity contribution in [3.8, 4) is 0 Å². The fraction of sp³-hybridized carbons (Fsp3) is 0.600. The second-order valence-electron chi connectivity index (χ2n) is 4.63. The van der Waals surface area contributed by atoms with Gasteiger partial charge in [-0.05, 0) is 45.0 Å². The van der Waals surface area contributed by atoms with Crippen LogP contribution in [-0.4, -0.2) is 26.2 Å². The third-order valence-electron chi connectivity index (χ3n) is 3.18. The van der Waals surface area contributed by atoms with Crippen LogP contribution in [0.15, 0.2) is 24.3 Å². The molecule has 1 aromatic rings. The number of benzene rings is 1. The van der Waals surface area contributed by atoms with Crippen molar-refractivity contribution in [3.63, 3.8) is 0 Å². The molecule has 0 aromatic heterocycles. The Morgan fingerprint density at radius 3 is 2.59 bits per heavy atom. The molecule has 1 atom stereocenters. The summed E-state index contributed by atoms with van der Waals surface area (Å²) in [5.74, 6) is 0. The number of likely N-dealkylation sites (N-methyl/N-ethyl adjacent to an activating group) is 2. The lowest BCUT2D eigenvalue weighted by Gasteiger charge is -2.33. The first-order chi connectivity index (χ1) is 8.22. The third-order valence-corrected chi connectivity index (χ3v) is 3.18. The number of nitrogens with zero attached hydrogens (tertiary/aromatic N) is 1. The number of hydrogen-bond donors (Lipinski definition) is 1. The highest BCUT2D eigenvalue weighted by Gasteiger charge is 2.15. The molecule has 2 heteroatoms. The van der Waals surface area contributed by atoms with E-state index in [2.05, 4.69) is 55.3 Å². The summed E-state index contributed by atoms with van der Waals surface area (Å²) in [7, 11) is 2.03. The Hall–Kier alpha value is -1.02. The molecule has 1 aromatic carbocycles. The van der Waals surface area contributed by atoms with Crippen LogP contribution in [0.5, 0.6) is 0 Å². The molecule has 0 amide bonds. The summed E-state index contributed by atoms with van der Waals surface area (Å²) in [6.07, 6.45) is 2.47. The average Bonchev–Trinajstić information content (AvgIpc) is 2.31. The van der Waals surface area contributed by atoms with E-state index in [-0.39, 0.29) is 0 Å². The van der Waals surface area contributed by atoms with Gasteiger partial charge in [0.2, 0.25) is 0 Å². The molecule has 96 valence electrons. The second kappa shape index (κ2) is 7.33. The van der Waals surface area contributed by atoms with Crippen molar-refractivity contribution in [1.82, 2.24) is 5.32 Å². The summed E-state index contributed by atoms with van der Waals surface area (Å²) in [6, 6.07) is 9.40. The molecule has 0 aliphatic heterocycles. The predicted molar refractivity (Wildman–Crippen MR) is 76.8 cm³/mol. The van der Waals surface area contributed by atoms with Crippen LogP contribution in [0.4, 0.5) is 5.69 Å². The summed E-state index contributed by atoms with van der Waals surface area (Å²) in [5, 5.41) is 3.31. The van der Waals surface area contributed by atoms with Crippen LogP contribution in [-0.2, 0) is 0 Å². The molecule has 2 nitrogen and oxygen atoms in total. The van der Waals surface area contributed by atoms with Gasteiger partial charge >= 0.3 is 0 Å². The Kier molecular flexibility index (Phi) is 6.06. The molecule has 1 unspecified atom stereocenters. The fourth-order valence-corrected chi connectivity index (χ4v) is 2.40. The van der Waals surface area contributed by atoms with Gasteiger partial charge in [-0.1, -0.05) is 25.5 Å². The van der Waals surface area contributed by atoms with E-state index < -0.39 is 0 Å². The molecule has 0 bridgehead atoms. The van der Waals surface area contributed by atoms with Crippen LogP contribution in [0.2, 0.25) is 0 Å². The summed E-state index contributed by atoms with van der Waals surface area (Å²) in [4.78, 5) is 2.51. The van der Waals surface area contributed by atoms with Crippen molar-refractivity contribution < 1.29 is 0 Å². The van der Waals surface area contributed by atoms with Crippen molar-refractivity contribution in [2.75, 3.05) is 25.0 Å². The highest BCUT2D eigenvalue weighted by atomic mass is 15.2. The summed E-state index contributed by atoms with van der Waals surface area (Å²) < 4.78 is 0. The van der Waals surface area contributed by atoms with E-state index in [1.807, 2.05) is 7.05 Å². The van der Waals surface area contributed by atoms with Gasteiger partial charge in [0, 0.05) is 24.8 Å². The normalized spacial score (nSPS) is 12.5. The van der Waals surface area contributed by atoms with E-state index in [1.54, 1.807) is 0 Å². The van der Waals surface area contributed by atoms with Crippen LogP contribution in [0, 0.1) is 6.92 Å². The molecule has 1 N–H and O–H groups in total. The van der Waals surface area contributed by atoms with Gasteiger partial charge in [0.05, 0.1) is 0 Å². The lowest BCUT2D eigenvalue weighted by atomic mass is 10.1. The molecular formula is C15H26N2. The maximum absolute atomic E-state index is 3.31. The second-order valence-corrected chi connectivity index (χ2v) is 4.63. The lowest BCUT2D eigenvalue weighted by molar-refractivity contribution is 0.525. The van der Waals surface area contributed by atoms with Crippen LogP contribution in [0.3, 0.4) is 0 Å². The van der Waals surface area contributed by atoms with Crippen molar-refractivity contribution in [2.24, 2.45) is 0 Å². The van der Waals surface area contributed by atoms with Crippen LogP contribution in [0.1, 0.15) is 32.3 Å². The Morgan fingerprint density at radius 2 is 2.06 bits per heavy atom. The third kappa shape index (κ3) is 4.04. The van der Waals surface area contributed by atoms with Crippen molar-refractivity contribution in [2.45, 2.75) is 39.7 Å². The van der Waals surface area contributed by atoms with E-state index in [0.717, 1.165) is 13.1 Å². The van der Waals surface area contributed by atoms with E-state index in [9.17, 15) is 0 Å². The van der Waals surface area contributed by atoms with Crippen LogP contribution >= 0.6 is 0 Å². The number of rotatable bonds is 7. The summed E-state index contributed by atoms with van der Waals surface area (Å²) >= 11 is 0. The van der Waals surface area contributed by atoms with Gasteiger partial charge in [-0.25, -0.2) is 0 Å². The van der Waals surface area contributed by atoms with Gasteiger partial charge in [-0.3, -0.25) is 0 Å². The molecule has 0 aliphatic carbocycles. The predicted octanol–water partition coefficient (Wildman–Crippen LogP) is 3.21. The highest BCUT2D eigenvalue weighted by molar-refractivity contribution is 5.49. The number of aryl methyl sites for hydroxylation is 1. The van der Waals surface area contributed by atoms with E-state index in [1.165, 1.54) is 24.1 Å². The fourth-order valence-electron chi connectivity index (χ4n) is 2.40. The van der Waals surface area contributed by atoms with E-state index in [4.69, 9.17) is 0 Å². The first kappa shape index (κ1) is 14.0. The van der Waals surface area contributed by atoms with Gasteiger partial charge in [0.25, 0.3) is 0 Å². The first-order valence-electron chi connectivity index (χ1n) is 6.70. The summed E-state index contributed by atoms with van der Waals surface area (Å²) in [5.41, 5.74) is 2.68. The Morgan fingerprint density at radius 1 is 1.29 bits per heavy atom. The number of hydrogen-bond acceptors (Lipinski definition) is 2. The standard InChI is InChI=1S/C15H26N2/c1-5-8-15(12-16-4)17(6-2)14-10-7-9-13(3)11-14/h7,9-11,15-16H,5-6,8,12H2,1-4H3. The molecule has 0 fully saturated rings. The van der Waals surface area contributed by atoms with E-state index in [0.29, 0.717) is 6.04 Å². The maximum atomic E-state index is 3.31. The molecule has 1 rings (SSSR count). The number of anilines is 1. The molecule has 0 heterocycles. The topological polar surface area (TPSA) is 15.3 Å². The lowest BCUT2D eigenvalue weighted by Crippen LogP contribution is -2.41. The summed E-state index contributed by atoms with van der Waals surface area (Å²) in [6.45, 7) is 8.77. The molecule has 0 aliphatic rings. The molecule has 0 radical (unpaired) electrons. The number of nitrogens with one attached hydrogen (secondary N) is 1. The van der Waals surface area contributed by atoms with Gasteiger partial charge < -0.3 is 10.2 Å². The molecular weight excluding hydrogens is 208 g/mol. The van der Waals surface area contributed by atoms with Gasteiger partial charge in [-0.2, -0.15) is 0 Å². The molecule has 0 spiro atoms. The minimum Gasteiger partial charge on any atom is -0.368 e. The minimum atomic E-state index is 0.594. The van der Waals surface area contributed by atoms with Crippen LogP contribution < -0.4 is 10.2 Å². The highest BCUT2D eigenvalue weighted by Crippen LogP contribution is 2.20. The van der Waals surface area contributed by atoms with Crippen molar-refractivity contribution >= 4 is 5.69 Å².